The van der Waals surface area contributed by atoms with Crippen LogP contribution in [0, 0.1) is 0 Å². The number of thiazole rings is 1. The van der Waals surface area contributed by atoms with Crippen molar-refractivity contribution in [1.82, 2.24) is 4.98 Å². The fourth-order valence-electron chi connectivity index (χ4n) is 2.59. The quantitative estimate of drug-likeness (QED) is 0.396. The minimum absolute atomic E-state index is 0.0340. The number of thioether (sulfide) groups is 1. The molecule has 0 fully saturated rings. The molecule has 0 aliphatic carbocycles. The molecule has 148 valence electrons. The number of carbonyl (C=O) groups excluding carboxylic acids is 1. The van der Waals surface area contributed by atoms with Crippen LogP contribution < -0.4 is 19.5 Å². The van der Waals surface area contributed by atoms with E-state index in [1.54, 1.807) is 33.1 Å². The molecule has 3 rings (SSSR count). The Labute approximate surface area is 172 Å². The van der Waals surface area contributed by atoms with Gasteiger partial charge in [0, 0.05) is 23.4 Å². The van der Waals surface area contributed by atoms with Crippen molar-refractivity contribution in [2.24, 2.45) is 0 Å². The minimum atomic E-state index is -0.0340. The zero-order valence-corrected chi connectivity index (χ0v) is 17.6. The van der Waals surface area contributed by atoms with Crippen molar-refractivity contribution < 1.29 is 19.0 Å². The number of nitrogens with one attached hydrogen (secondary N) is 1. The van der Waals surface area contributed by atoms with Crippen LogP contribution in [0.15, 0.2) is 41.3 Å². The normalized spacial score (nSPS) is 10.7. The number of fused-ring (bicyclic) bond motifs is 1. The molecule has 0 unspecified atom stereocenters. The number of hydrogen-bond donors (Lipinski definition) is 1. The third-order valence-electron chi connectivity index (χ3n) is 4.02. The van der Waals surface area contributed by atoms with Gasteiger partial charge < -0.3 is 19.5 Å². The first-order valence-electron chi connectivity index (χ1n) is 8.72. The lowest BCUT2D eigenvalue weighted by molar-refractivity contribution is -0.116. The van der Waals surface area contributed by atoms with Crippen LogP contribution in [0.3, 0.4) is 0 Å². The second-order valence-corrected chi connectivity index (χ2v) is 8.07. The second-order valence-electron chi connectivity index (χ2n) is 5.87. The lowest BCUT2D eigenvalue weighted by Gasteiger charge is -2.05. The lowest BCUT2D eigenvalue weighted by atomic mass is 10.3. The lowest BCUT2D eigenvalue weighted by Crippen LogP contribution is -2.11. The highest BCUT2D eigenvalue weighted by Crippen LogP contribution is 2.36. The Kier molecular flexibility index (Phi) is 7.00. The first-order chi connectivity index (χ1) is 13.6. The number of methoxy groups -OCH3 is 3. The standard InChI is InChI=1S/C20H22N2O4S2/c1-24-13-6-8-14(9-7-13)27-10-4-5-19(23)22-20-21-15-11-16(25-2)17(26-3)12-18(15)28-20/h6-9,11-12H,4-5,10H2,1-3H3,(H,21,22,23). The van der Waals surface area contributed by atoms with Gasteiger partial charge in [0.1, 0.15) is 5.75 Å². The maximum atomic E-state index is 12.2. The monoisotopic (exact) mass is 418 g/mol. The average molecular weight is 419 g/mol. The van der Waals surface area contributed by atoms with E-state index in [0.717, 1.165) is 33.0 Å². The fourth-order valence-corrected chi connectivity index (χ4v) is 4.33. The number of carbonyl (C=O) groups is 1. The first kappa shape index (κ1) is 20.3. The van der Waals surface area contributed by atoms with Crippen LogP contribution in [-0.2, 0) is 4.79 Å². The molecular weight excluding hydrogens is 396 g/mol. The fraction of sp³-hybridized carbons (Fsp3) is 0.300. The molecule has 0 saturated carbocycles. The Morgan fingerprint density at radius 2 is 1.79 bits per heavy atom. The van der Waals surface area contributed by atoms with Crippen molar-refractivity contribution in [2.75, 3.05) is 32.4 Å². The molecule has 0 radical (unpaired) electrons. The van der Waals surface area contributed by atoms with Crippen molar-refractivity contribution in [1.29, 1.82) is 0 Å². The van der Waals surface area contributed by atoms with Crippen molar-refractivity contribution >= 4 is 44.4 Å². The predicted octanol–water partition coefficient (Wildman–Crippen LogP) is 4.83. The highest BCUT2D eigenvalue weighted by atomic mass is 32.2. The Bertz CT molecular complexity index is 900. The van der Waals surface area contributed by atoms with E-state index in [9.17, 15) is 4.79 Å². The summed E-state index contributed by atoms with van der Waals surface area (Å²) in [6, 6.07) is 11.6. The van der Waals surface area contributed by atoms with Gasteiger partial charge in [0.2, 0.25) is 5.91 Å². The van der Waals surface area contributed by atoms with Gasteiger partial charge in [-0.05, 0) is 36.4 Å². The van der Waals surface area contributed by atoms with Gasteiger partial charge in [0.15, 0.2) is 16.6 Å². The van der Waals surface area contributed by atoms with Crippen LogP contribution in [0.1, 0.15) is 12.8 Å². The Morgan fingerprint density at radius 1 is 1.07 bits per heavy atom. The Hall–Kier alpha value is -2.45. The van der Waals surface area contributed by atoms with Crippen LogP contribution >= 0.6 is 23.1 Å². The number of rotatable bonds is 9. The van der Waals surface area contributed by atoms with Gasteiger partial charge in [-0.3, -0.25) is 4.79 Å². The molecule has 1 N–H and O–H groups in total. The number of anilines is 1. The van der Waals surface area contributed by atoms with Gasteiger partial charge in [0.05, 0.1) is 31.5 Å². The summed E-state index contributed by atoms with van der Waals surface area (Å²) < 4.78 is 16.7. The summed E-state index contributed by atoms with van der Waals surface area (Å²) in [5.74, 6) is 2.94. The van der Waals surface area contributed by atoms with E-state index in [2.05, 4.69) is 10.3 Å². The van der Waals surface area contributed by atoms with E-state index in [0.29, 0.717) is 23.1 Å². The molecule has 0 saturated heterocycles. The van der Waals surface area contributed by atoms with E-state index in [1.165, 1.54) is 11.3 Å². The second kappa shape index (κ2) is 9.66. The third kappa shape index (κ3) is 5.08. The maximum absolute atomic E-state index is 12.2. The number of hydrogen-bond acceptors (Lipinski definition) is 7. The zero-order valence-electron chi connectivity index (χ0n) is 16.0. The largest absolute Gasteiger partial charge is 0.497 e. The first-order valence-corrected chi connectivity index (χ1v) is 10.5. The van der Waals surface area contributed by atoms with Gasteiger partial charge >= 0.3 is 0 Å². The highest BCUT2D eigenvalue weighted by Gasteiger charge is 2.12. The van der Waals surface area contributed by atoms with E-state index in [4.69, 9.17) is 14.2 Å². The number of aromatic nitrogens is 1. The number of benzene rings is 2. The number of amides is 1. The van der Waals surface area contributed by atoms with E-state index in [1.807, 2.05) is 36.4 Å². The molecule has 1 amide bonds. The molecule has 1 aromatic heterocycles. The SMILES string of the molecule is COc1ccc(SCCCC(=O)Nc2nc3cc(OC)c(OC)cc3s2)cc1. The van der Waals surface area contributed by atoms with Crippen molar-refractivity contribution in [3.8, 4) is 17.2 Å². The predicted molar refractivity (Wildman–Crippen MR) is 114 cm³/mol. The summed E-state index contributed by atoms with van der Waals surface area (Å²) in [5.41, 5.74) is 0.771. The van der Waals surface area contributed by atoms with Crippen LogP contribution in [0.2, 0.25) is 0 Å². The topological polar surface area (TPSA) is 69.7 Å². The molecule has 1 heterocycles. The molecule has 8 heteroatoms. The van der Waals surface area contributed by atoms with Gasteiger partial charge in [-0.15, -0.1) is 11.8 Å². The molecule has 0 aliphatic rings. The van der Waals surface area contributed by atoms with E-state index >= 15 is 0 Å². The van der Waals surface area contributed by atoms with Gasteiger partial charge in [-0.2, -0.15) is 0 Å². The zero-order chi connectivity index (χ0) is 19.9. The summed E-state index contributed by atoms with van der Waals surface area (Å²) in [7, 11) is 4.83. The summed E-state index contributed by atoms with van der Waals surface area (Å²) in [6.45, 7) is 0. The molecule has 0 bridgehead atoms. The number of nitrogens with zero attached hydrogens (tertiary/aromatic N) is 1. The number of ether oxygens (including phenoxy) is 3. The molecule has 6 nitrogen and oxygen atoms in total. The molecular formula is C20H22N2O4S2. The van der Waals surface area contributed by atoms with E-state index < -0.39 is 0 Å². The molecule has 2 aromatic carbocycles. The summed E-state index contributed by atoms with van der Waals surface area (Å²) in [6.07, 6.45) is 1.24. The van der Waals surface area contributed by atoms with Gasteiger partial charge in [-0.25, -0.2) is 4.98 Å². The molecule has 0 atom stereocenters. The summed E-state index contributed by atoms with van der Waals surface area (Å²) in [4.78, 5) is 17.8. The molecule has 0 spiro atoms. The molecule has 28 heavy (non-hydrogen) atoms. The molecule has 3 aromatic rings. The van der Waals surface area contributed by atoms with E-state index in [-0.39, 0.29) is 5.91 Å². The third-order valence-corrected chi connectivity index (χ3v) is 6.05. The average Bonchev–Trinajstić information content (AvgIpc) is 3.11. The Morgan fingerprint density at radius 3 is 2.46 bits per heavy atom. The molecule has 0 aliphatic heterocycles. The maximum Gasteiger partial charge on any atom is 0.226 e. The van der Waals surface area contributed by atoms with Crippen LogP contribution in [-0.4, -0.2) is 38.0 Å². The highest BCUT2D eigenvalue weighted by molar-refractivity contribution is 7.99. The van der Waals surface area contributed by atoms with Crippen molar-refractivity contribution in [2.45, 2.75) is 17.7 Å². The van der Waals surface area contributed by atoms with Crippen molar-refractivity contribution in [3.63, 3.8) is 0 Å². The summed E-state index contributed by atoms with van der Waals surface area (Å²) in [5, 5.41) is 3.46. The van der Waals surface area contributed by atoms with Gasteiger partial charge in [-0.1, -0.05) is 11.3 Å². The van der Waals surface area contributed by atoms with Crippen LogP contribution in [0.25, 0.3) is 10.2 Å². The minimum Gasteiger partial charge on any atom is -0.497 e. The van der Waals surface area contributed by atoms with Crippen molar-refractivity contribution in [3.05, 3.63) is 36.4 Å². The Balaban J connectivity index is 1.50. The smallest absolute Gasteiger partial charge is 0.226 e. The van der Waals surface area contributed by atoms with Gasteiger partial charge in [0.25, 0.3) is 0 Å². The van der Waals surface area contributed by atoms with Crippen LogP contribution in [0.4, 0.5) is 5.13 Å². The summed E-state index contributed by atoms with van der Waals surface area (Å²) >= 11 is 3.14. The van der Waals surface area contributed by atoms with Crippen LogP contribution in [0.5, 0.6) is 17.2 Å².